The molecule has 0 N–H and O–H groups in total. The molecular formula is C19H24FNO3S. The molecule has 0 bridgehead atoms. The van der Waals surface area contributed by atoms with Crippen LogP contribution < -0.4 is 0 Å². The Bertz CT molecular complexity index is 616. The molecule has 0 radical (unpaired) electrons. The van der Waals surface area contributed by atoms with Crippen molar-refractivity contribution in [2.75, 3.05) is 19.0 Å². The highest BCUT2D eigenvalue weighted by Crippen LogP contribution is 2.37. The van der Waals surface area contributed by atoms with Gasteiger partial charge < -0.3 is 9.47 Å². The van der Waals surface area contributed by atoms with Gasteiger partial charge in [0, 0.05) is 18.4 Å². The van der Waals surface area contributed by atoms with Crippen molar-refractivity contribution in [1.82, 2.24) is 0 Å². The highest BCUT2D eigenvalue weighted by molar-refractivity contribution is 8.13. The smallest absolute Gasteiger partial charge is 0.169 e. The van der Waals surface area contributed by atoms with E-state index in [1.54, 1.807) is 11.8 Å². The lowest BCUT2D eigenvalue weighted by molar-refractivity contribution is -0.178. The van der Waals surface area contributed by atoms with Gasteiger partial charge in [0.1, 0.15) is 5.82 Å². The zero-order valence-electron chi connectivity index (χ0n) is 14.5. The van der Waals surface area contributed by atoms with E-state index in [4.69, 9.17) is 14.5 Å². The summed E-state index contributed by atoms with van der Waals surface area (Å²) in [6.07, 6.45) is 3.82. The summed E-state index contributed by atoms with van der Waals surface area (Å²) < 4.78 is 24.5. The molecule has 1 heterocycles. The number of aliphatic imine (C=N–C) groups is 1. The SMILES string of the molecule is CCSC(CC(=O)c1ccc(F)cc1)=NC1CCC2(CC1)OCCO2. The van der Waals surface area contributed by atoms with Crippen LogP contribution in [0.25, 0.3) is 0 Å². The predicted octanol–water partition coefficient (Wildman–Crippen LogP) is 4.24. The Morgan fingerprint density at radius 2 is 1.88 bits per heavy atom. The molecule has 0 atom stereocenters. The lowest BCUT2D eigenvalue weighted by atomic mass is 9.90. The van der Waals surface area contributed by atoms with Crippen LogP contribution in [0.1, 0.15) is 49.4 Å². The average molecular weight is 365 g/mol. The largest absolute Gasteiger partial charge is 0.348 e. The molecule has 1 aromatic rings. The van der Waals surface area contributed by atoms with Gasteiger partial charge in [-0.05, 0) is 42.9 Å². The van der Waals surface area contributed by atoms with Crippen molar-refractivity contribution >= 4 is 22.6 Å². The first-order chi connectivity index (χ1) is 12.1. The van der Waals surface area contributed by atoms with Gasteiger partial charge in [-0.3, -0.25) is 9.79 Å². The molecule has 4 nitrogen and oxygen atoms in total. The van der Waals surface area contributed by atoms with Crippen molar-refractivity contribution in [1.29, 1.82) is 0 Å². The van der Waals surface area contributed by atoms with E-state index in [2.05, 4.69) is 6.92 Å². The van der Waals surface area contributed by atoms with Gasteiger partial charge in [0.25, 0.3) is 0 Å². The highest BCUT2D eigenvalue weighted by atomic mass is 32.2. The third kappa shape index (κ3) is 4.90. The molecule has 25 heavy (non-hydrogen) atoms. The summed E-state index contributed by atoms with van der Waals surface area (Å²) in [6.45, 7) is 3.41. The summed E-state index contributed by atoms with van der Waals surface area (Å²) in [5, 5.41) is 0.867. The minimum Gasteiger partial charge on any atom is -0.348 e. The van der Waals surface area contributed by atoms with Gasteiger partial charge in [0.05, 0.1) is 30.7 Å². The monoisotopic (exact) mass is 365 g/mol. The Morgan fingerprint density at radius 1 is 1.24 bits per heavy atom. The Labute approximate surface area is 152 Å². The third-order valence-electron chi connectivity index (χ3n) is 4.65. The van der Waals surface area contributed by atoms with Crippen LogP contribution in [-0.2, 0) is 9.47 Å². The zero-order valence-corrected chi connectivity index (χ0v) is 15.3. The van der Waals surface area contributed by atoms with E-state index in [1.165, 1.54) is 24.3 Å². The fraction of sp³-hybridized carbons (Fsp3) is 0.579. The quantitative estimate of drug-likeness (QED) is 0.445. The van der Waals surface area contributed by atoms with Gasteiger partial charge in [-0.2, -0.15) is 0 Å². The Morgan fingerprint density at radius 3 is 2.48 bits per heavy atom. The number of Topliss-reactive ketones (excluding diaryl/α,β-unsaturated/α-hetero) is 1. The normalized spacial score (nSPS) is 21.0. The van der Waals surface area contributed by atoms with Crippen LogP contribution >= 0.6 is 11.8 Å². The molecule has 1 saturated heterocycles. The van der Waals surface area contributed by atoms with Crippen LogP contribution in [0.2, 0.25) is 0 Å². The Hall–Kier alpha value is -1.24. The topological polar surface area (TPSA) is 47.9 Å². The molecule has 1 aromatic carbocycles. The lowest BCUT2D eigenvalue weighted by Gasteiger charge is -2.34. The third-order valence-corrected chi connectivity index (χ3v) is 5.52. The Kier molecular flexibility index (Phi) is 6.25. The van der Waals surface area contributed by atoms with Crippen molar-refractivity contribution in [3.8, 4) is 0 Å². The Balaban J connectivity index is 1.61. The van der Waals surface area contributed by atoms with Crippen molar-refractivity contribution in [2.45, 2.75) is 50.9 Å². The summed E-state index contributed by atoms with van der Waals surface area (Å²) >= 11 is 1.61. The molecule has 0 unspecified atom stereocenters. The number of carbonyl (C=O) groups excluding carboxylic acids is 1. The van der Waals surface area contributed by atoms with Crippen molar-refractivity contribution < 1.29 is 18.7 Å². The average Bonchev–Trinajstić information content (AvgIpc) is 3.06. The van der Waals surface area contributed by atoms with E-state index >= 15 is 0 Å². The van der Waals surface area contributed by atoms with Crippen molar-refractivity contribution in [3.63, 3.8) is 0 Å². The van der Waals surface area contributed by atoms with E-state index in [1.807, 2.05) is 0 Å². The summed E-state index contributed by atoms with van der Waals surface area (Å²) in [5.74, 6) is 0.141. The van der Waals surface area contributed by atoms with Gasteiger partial charge >= 0.3 is 0 Å². The van der Waals surface area contributed by atoms with Crippen LogP contribution in [0.3, 0.4) is 0 Å². The summed E-state index contributed by atoms with van der Waals surface area (Å²) in [6, 6.07) is 5.92. The van der Waals surface area contributed by atoms with Crippen molar-refractivity contribution in [3.05, 3.63) is 35.6 Å². The molecule has 3 rings (SSSR count). The summed E-state index contributed by atoms with van der Waals surface area (Å²) in [7, 11) is 0. The second-order valence-electron chi connectivity index (χ2n) is 6.40. The number of rotatable bonds is 5. The predicted molar refractivity (Wildman–Crippen MR) is 97.8 cm³/mol. The first-order valence-electron chi connectivity index (χ1n) is 8.86. The van der Waals surface area contributed by atoms with Crippen molar-refractivity contribution in [2.24, 2.45) is 4.99 Å². The second-order valence-corrected chi connectivity index (χ2v) is 7.74. The maximum absolute atomic E-state index is 13.0. The summed E-state index contributed by atoms with van der Waals surface area (Å²) in [5.41, 5.74) is 0.529. The molecule has 2 aliphatic rings. The number of ether oxygens (including phenoxy) is 2. The molecule has 1 aliphatic heterocycles. The molecule has 1 aliphatic carbocycles. The molecule has 0 amide bonds. The van der Waals surface area contributed by atoms with Crippen LogP contribution in [0.15, 0.2) is 29.3 Å². The van der Waals surface area contributed by atoms with Crippen LogP contribution in [0.4, 0.5) is 4.39 Å². The number of hydrogen-bond donors (Lipinski definition) is 0. The number of thioether (sulfide) groups is 1. The van der Waals surface area contributed by atoms with E-state index in [0.29, 0.717) is 18.8 Å². The standard InChI is InChI=1S/C19H24FNO3S/c1-2-25-18(13-17(22)14-3-5-15(20)6-4-14)21-16-7-9-19(10-8-16)23-11-12-24-19/h3-6,16H,2,7-13H2,1H3. The highest BCUT2D eigenvalue weighted by Gasteiger charge is 2.40. The molecular weight excluding hydrogens is 341 g/mol. The molecule has 136 valence electrons. The molecule has 1 saturated carbocycles. The minimum atomic E-state index is -0.381. The van der Waals surface area contributed by atoms with E-state index in [9.17, 15) is 9.18 Å². The van der Waals surface area contributed by atoms with Gasteiger partial charge in [-0.15, -0.1) is 11.8 Å². The van der Waals surface area contributed by atoms with Gasteiger partial charge in [-0.25, -0.2) is 4.39 Å². The van der Waals surface area contributed by atoms with E-state index in [0.717, 1.165) is 36.5 Å². The minimum absolute atomic E-state index is 0.0190. The van der Waals surface area contributed by atoms with Gasteiger partial charge in [-0.1, -0.05) is 6.92 Å². The lowest BCUT2D eigenvalue weighted by Crippen LogP contribution is -2.36. The number of nitrogens with zero attached hydrogens (tertiary/aromatic N) is 1. The maximum atomic E-state index is 13.0. The fourth-order valence-electron chi connectivity index (χ4n) is 3.34. The van der Waals surface area contributed by atoms with Crippen LogP contribution in [-0.4, -0.2) is 41.6 Å². The van der Waals surface area contributed by atoms with E-state index < -0.39 is 0 Å². The van der Waals surface area contributed by atoms with E-state index in [-0.39, 0.29) is 29.9 Å². The first-order valence-corrected chi connectivity index (χ1v) is 9.85. The fourth-order valence-corrected chi connectivity index (χ4v) is 4.13. The van der Waals surface area contributed by atoms with Crippen LogP contribution in [0, 0.1) is 5.82 Å². The number of carbonyl (C=O) groups is 1. The number of hydrogen-bond acceptors (Lipinski definition) is 5. The molecule has 6 heteroatoms. The van der Waals surface area contributed by atoms with Crippen LogP contribution in [0.5, 0.6) is 0 Å². The number of halogens is 1. The first kappa shape index (κ1) is 18.5. The zero-order chi connectivity index (χ0) is 17.7. The molecule has 2 fully saturated rings. The second kappa shape index (κ2) is 8.43. The van der Waals surface area contributed by atoms with Gasteiger partial charge in [0.15, 0.2) is 11.6 Å². The van der Waals surface area contributed by atoms with Gasteiger partial charge in [0.2, 0.25) is 0 Å². The number of benzene rings is 1. The molecule has 1 spiro atoms. The molecule has 0 aromatic heterocycles. The summed E-state index contributed by atoms with van der Waals surface area (Å²) in [4.78, 5) is 17.3. The number of ketones is 1. The maximum Gasteiger partial charge on any atom is 0.169 e.